The fourth-order valence-corrected chi connectivity index (χ4v) is 1.42. The van der Waals surface area contributed by atoms with Crippen molar-refractivity contribution in [2.24, 2.45) is 5.92 Å². The summed E-state index contributed by atoms with van der Waals surface area (Å²) in [5.41, 5.74) is -2.03. The minimum absolute atomic E-state index is 0.0396. The zero-order valence-electron chi connectivity index (χ0n) is 10.1. The number of nitrogens with zero attached hydrogens (tertiary/aromatic N) is 1. The average Bonchev–Trinajstić information content (AvgIpc) is 2.11. The van der Waals surface area contributed by atoms with Crippen LogP contribution in [0.25, 0.3) is 0 Å². The van der Waals surface area contributed by atoms with Gasteiger partial charge in [0.1, 0.15) is 6.61 Å². The van der Waals surface area contributed by atoms with Crippen molar-refractivity contribution in [3.63, 3.8) is 0 Å². The number of aliphatic hydroxyl groups excluding tert-OH is 1. The summed E-state index contributed by atoms with van der Waals surface area (Å²) in [5, 5.41) is 20.1. The molecule has 0 spiro atoms. The van der Waals surface area contributed by atoms with E-state index in [1.54, 1.807) is 27.7 Å². The van der Waals surface area contributed by atoms with E-state index in [0.29, 0.717) is 0 Å². The molecule has 0 aliphatic heterocycles. The third-order valence-electron chi connectivity index (χ3n) is 2.08. The Kier molecular flexibility index (Phi) is 5.37. The monoisotopic (exact) mass is 233 g/mol. The van der Waals surface area contributed by atoms with Gasteiger partial charge in [0.2, 0.25) is 0 Å². The molecule has 0 saturated carbocycles. The second kappa shape index (κ2) is 5.79. The van der Waals surface area contributed by atoms with E-state index in [2.05, 4.69) is 0 Å². The van der Waals surface area contributed by atoms with Crippen molar-refractivity contribution in [2.75, 3.05) is 6.61 Å². The minimum atomic E-state index is -2.03. The van der Waals surface area contributed by atoms with Gasteiger partial charge in [0.05, 0.1) is 6.10 Å². The van der Waals surface area contributed by atoms with E-state index in [1.807, 2.05) is 0 Å². The molecular formula is C10H19NO5. The van der Waals surface area contributed by atoms with Gasteiger partial charge in [0, 0.05) is 11.3 Å². The van der Waals surface area contributed by atoms with E-state index in [1.165, 1.54) is 0 Å². The molecule has 0 fully saturated rings. The summed E-state index contributed by atoms with van der Waals surface area (Å²) in [6.45, 7) is 5.86. The molecule has 0 radical (unpaired) electrons. The van der Waals surface area contributed by atoms with Crippen molar-refractivity contribution >= 4 is 5.97 Å². The number of esters is 1. The maximum absolute atomic E-state index is 11.7. The summed E-state index contributed by atoms with van der Waals surface area (Å²) in [5.74, 6) is -1.05. The Labute approximate surface area is 94.7 Å². The molecule has 0 bridgehead atoms. The minimum Gasteiger partial charge on any atom is -0.458 e. The number of hydrogen-bond acceptors (Lipinski definition) is 5. The van der Waals surface area contributed by atoms with Crippen molar-refractivity contribution in [1.82, 2.24) is 0 Å². The average molecular weight is 233 g/mol. The lowest BCUT2D eigenvalue weighted by Gasteiger charge is -2.23. The Morgan fingerprint density at radius 3 is 2.19 bits per heavy atom. The third kappa shape index (κ3) is 3.44. The Balaban J connectivity index is 5.03. The number of carbonyl (C=O) groups excluding carboxylic acids is 1. The number of aliphatic hydroxyl groups is 1. The Morgan fingerprint density at radius 2 is 1.94 bits per heavy atom. The van der Waals surface area contributed by atoms with Gasteiger partial charge < -0.3 is 9.84 Å². The van der Waals surface area contributed by atoms with Crippen LogP contribution < -0.4 is 0 Å². The molecule has 0 aromatic heterocycles. The quantitative estimate of drug-likeness (QED) is 0.420. The van der Waals surface area contributed by atoms with Gasteiger partial charge in [-0.1, -0.05) is 13.8 Å². The fraction of sp³-hybridized carbons (Fsp3) is 0.900. The molecule has 1 unspecified atom stereocenters. The van der Waals surface area contributed by atoms with Crippen LogP contribution in [0, 0.1) is 16.0 Å². The maximum atomic E-state index is 11.7. The number of rotatable bonds is 6. The molecule has 0 saturated heterocycles. The number of ether oxygens (including phenoxy) is 1. The standard InChI is InChI=1S/C10H19NO5/c1-7(2)5-10(6-12,11(14)15)9(13)16-8(3)4/h7-8,12H,5-6H2,1-4H3. The van der Waals surface area contributed by atoms with Gasteiger partial charge in [-0.05, 0) is 19.8 Å². The molecule has 6 heteroatoms. The molecule has 1 atom stereocenters. The number of carbonyl (C=O) groups is 1. The summed E-state index contributed by atoms with van der Waals surface area (Å²) in [6, 6.07) is 0. The smallest absolute Gasteiger partial charge is 0.387 e. The van der Waals surface area contributed by atoms with Crippen LogP contribution in [-0.4, -0.2) is 34.2 Å². The second-order valence-corrected chi connectivity index (χ2v) is 4.50. The second-order valence-electron chi connectivity index (χ2n) is 4.50. The molecule has 0 aromatic carbocycles. The van der Waals surface area contributed by atoms with Crippen LogP contribution in [0.4, 0.5) is 0 Å². The largest absolute Gasteiger partial charge is 0.458 e. The molecule has 0 aliphatic carbocycles. The maximum Gasteiger partial charge on any atom is 0.387 e. The fourth-order valence-electron chi connectivity index (χ4n) is 1.42. The van der Waals surface area contributed by atoms with Crippen LogP contribution in [0.5, 0.6) is 0 Å². The van der Waals surface area contributed by atoms with E-state index in [9.17, 15) is 14.9 Å². The zero-order chi connectivity index (χ0) is 12.9. The molecule has 0 aliphatic rings. The molecule has 16 heavy (non-hydrogen) atoms. The van der Waals surface area contributed by atoms with Crippen molar-refractivity contribution < 1.29 is 19.6 Å². The van der Waals surface area contributed by atoms with E-state index in [-0.39, 0.29) is 12.3 Å². The summed E-state index contributed by atoms with van der Waals surface area (Å²) in [7, 11) is 0. The van der Waals surface area contributed by atoms with Gasteiger partial charge in [-0.15, -0.1) is 0 Å². The van der Waals surface area contributed by atoms with Crippen LogP contribution in [-0.2, 0) is 9.53 Å². The van der Waals surface area contributed by atoms with Crippen LogP contribution in [0.3, 0.4) is 0 Å². The van der Waals surface area contributed by atoms with Gasteiger partial charge in [0.25, 0.3) is 0 Å². The normalized spacial score (nSPS) is 14.9. The molecule has 0 heterocycles. The van der Waals surface area contributed by atoms with Crippen LogP contribution in [0.15, 0.2) is 0 Å². The molecule has 6 nitrogen and oxygen atoms in total. The topological polar surface area (TPSA) is 89.7 Å². The van der Waals surface area contributed by atoms with Gasteiger partial charge in [-0.2, -0.15) is 0 Å². The summed E-state index contributed by atoms with van der Waals surface area (Å²) in [6.07, 6.45) is -0.479. The molecule has 0 aromatic rings. The first-order chi connectivity index (χ1) is 7.26. The molecule has 0 rings (SSSR count). The Morgan fingerprint density at radius 1 is 1.44 bits per heavy atom. The molecule has 0 amide bonds. The van der Waals surface area contributed by atoms with E-state index in [4.69, 9.17) is 9.84 Å². The lowest BCUT2D eigenvalue weighted by molar-refractivity contribution is -0.561. The van der Waals surface area contributed by atoms with Crippen LogP contribution >= 0.6 is 0 Å². The molecule has 94 valence electrons. The highest BCUT2D eigenvalue weighted by molar-refractivity contribution is 5.79. The van der Waals surface area contributed by atoms with Crippen LogP contribution in [0.1, 0.15) is 34.1 Å². The predicted octanol–water partition coefficient (Wildman–Crippen LogP) is 0.992. The highest BCUT2D eigenvalue weighted by atomic mass is 16.6. The van der Waals surface area contributed by atoms with Crippen molar-refractivity contribution in [2.45, 2.75) is 45.8 Å². The highest BCUT2D eigenvalue weighted by Gasteiger charge is 2.52. The van der Waals surface area contributed by atoms with E-state index >= 15 is 0 Å². The predicted molar refractivity (Wildman–Crippen MR) is 57.5 cm³/mol. The third-order valence-corrected chi connectivity index (χ3v) is 2.08. The summed E-state index contributed by atoms with van der Waals surface area (Å²) < 4.78 is 4.83. The lowest BCUT2D eigenvalue weighted by atomic mass is 9.90. The first-order valence-electron chi connectivity index (χ1n) is 5.22. The van der Waals surface area contributed by atoms with Gasteiger partial charge >= 0.3 is 11.5 Å². The highest BCUT2D eigenvalue weighted by Crippen LogP contribution is 2.22. The number of hydrogen-bond donors (Lipinski definition) is 1. The Hall–Kier alpha value is -1.17. The zero-order valence-corrected chi connectivity index (χ0v) is 10.1. The molecule has 1 N–H and O–H groups in total. The lowest BCUT2D eigenvalue weighted by Crippen LogP contribution is -2.52. The number of nitro groups is 1. The first-order valence-corrected chi connectivity index (χ1v) is 5.22. The first kappa shape index (κ1) is 14.8. The van der Waals surface area contributed by atoms with Gasteiger partial charge in [0.15, 0.2) is 0 Å². The SMILES string of the molecule is CC(C)CC(CO)(C(=O)OC(C)C)[N+](=O)[O-]. The van der Waals surface area contributed by atoms with Crippen molar-refractivity contribution in [3.8, 4) is 0 Å². The summed E-state index contributed by atoms with van der Waals surface area (Å²) >= 11 is 0. The Bertz CT molecular complexity index is 264. The summed E-state index contributed by atoms with van der Waals surface area (Å²) in [4.78, 5) is 21.9. The van der Waals surface area contributed by atoms with Gasteiger partial charge in [-0.3, -0.25) is 10.1 Å². The molecular weight excluding hydrogens is 214 g/mol. The van der Waals surface area contributed by atoms with Gasteiger partial charge in [-0.25, -0.2) is 4.79 Å². The van der Waals surface area contributed by atoms with E-state index < -0.39 is 29.1 Å². The van der Waals surface area contributed by atoms with Crippen molar-refractivity contribution in [1.29, 1.82) is 0 Å². The van der Waals surface area contributed by atoms with Crippen LogP contribution in [0.2, 0.25) is 0 Å². The van der Waals surface area contributed by atoms with Crippen molar-refractivity contribution in [3.05, 3.63) is 10.1 Å². The van der Waals surface area contributed by atoms with E-state index in [0.717, 1.165) is 0 Å².